The number of amides is 2. The van der Waals surface area contributed by atoms with Crippen LogP contribution in [0.5, 0.6) is 11.5 Å². The summed E-state index contributed by atoms with van der Waals surface area (Å²) < 4.78 is 31.3. The molecule has 2 aliphatic rings. The standard InChI is InChI=1S/C30H34ClFN2O9/c1-5-30(28(39)40)22(15-43-11-10-34-25(35)17-8-6-7-9-18(17)26(34)36)33-21(14-32)29(2,27(37)38)24(30)19-12-16(41-3)13-20(42-4)23(19)31/h6-9,12-13,21-22,24,33H,5,10-11,14-15H2,1-4H3,(H,37,38)(H,39,40). The van der Waals surface area contributed by atoms with Gasteiger partial charge in [-0.2, -0.15) is 0 Å². The number of rotatable bonds is 12. The van der Waals surface area contributed by atoms with Gasteiger partial charge in [0.1, 0.15) is 18.2 Å². The van der Waals surface area contributed by atoms with Gasteiger partial charge >= 0.3 is 11.9 Å². The second-order valence-electron chi connectivity index (χ2n) is 10.8. The van der Waals surface area contributed by atoms with Gasteiger partial charge in [0.05, 0.1) is 67.0 Å². The quantitative estimate of drug-likeness (QED) is 0.237. The van der Waals surface area contributed by atoms with Crippen LogP contribution in [0.3, 0.4) is 0 Å². The second kappa shape index (κ2) is 12.5. The maximum absolute atomic E-state index is 14.7. The molecule has 13 heteroatoms. The van der Waals surface area contributed by atoms with Crippen molar-refractivity contribution in [1.82, 2.24) is 10.2 Å². The van der Waals surface area contributed by atoms with E-state index in [-0.39, 0.29) is 59.4 Å². The highest BCUT2D eigenvalue weighted by Crippen LogP contribution is 2.59. The Morgan fingerprint density at radius 2 is 1.67 bits per heavy atom. The lowest BCUT2D eigenvalue weighted by Gasteiger charge is -2.56. The highest BCUT2D eigenvalue weighted by molar-refractivity contribution is 6.33. The van der Waals surface area contributed by atoms with Crippen molar-refractivity contribution in [2.24, 2.45) is 10.8 Å². The predicted molar refractivity (Wildman–Crippen MR) is 153 cm³/mol. The van der Waals surface area contributed by atoms with Crippen molar-refractivity contribution in [1.29, 1.82) is 0 Å². The summed E-state index contributed by atoms with van der Waals surface area (Å²) >= 11 is 6.71. The topological polar surface area (TPSA) is 152 Å². The van der Waals surface area contributed by atoms with Crippen LogP contribution in [0, 0.1) is 10.8 Å². The van der Waals surface area contributed by atoms with Gasteiger partial charge in [0.15, 0.2) is 0 Å². The van der Waals surface area contributed by atoms with Gasteiger partial charge < -0.3 is 29.7 Å². The van der Waals surface area contributed by atoms with E-state index in [0.717, 1.165) is 4.90 Å². The maximum Gasteiger partial charge on any atom is 0.311 e. The number of ether oxygens (including phenoxy) is 3. The Kier molecular flexibility index (Phi) is 9.33. The average Bonchev–Trinajstić information content (AvgIpc) is 3.24. The van der Waals surface area contributed by atoms with Crippen LogP contribution in [0.25, 0.3) is 0 Å². The van der Waals surface area contributed by atoms with Crippen LogP contribution in [0.4, 0.5) is 4.39 Å². The lowest BCUT2D eigenvalue weighted by Crippen LogP contribution is -2.71. The van der Waals surface area contributed by atoms with Crippen LogP contribution in [0.2, 0.25) is 5.02 Å². The number of piperidine rings is 1. The molecule has 5 unspecified atom stereocenters. The molecule has 2 heterocycles. The molecule has 2 amide bonds. The molecule has 2 aromatic carbocycles. The van der Waals surface area contributed by atoms with Crippen molar-refractivity contribution in [2.75, 3.05) is 40.7 Å². The largest absolute Gasteiger partial charge is 0.497 e. The van der Waals surface area contributed by atoms with Crippen molar-refractivity contribution in [3.05, 3.63) is 58.1 Å². The predicted octanol–water partition coefficient (Wildman–Crippen LogP) is 3.64. The van der Waals surface area contributed by atoms with E-state index in [2.05, 4.69) is 5.32 Å². The smallest absolute Gasteiger partial charge is 0.311 e. The van der Waals surface area contributed by atoms with Crippen molar-refractivity contribution >= 4 is 35.4 Å². The number of fused-ring (bicyclic) bond motifs is 1. The van der Waals surface area contributed by atoms with Crippen LogP contribution in [0.1, 0.15) is 52.5 Å². The third kappa shape index (κ3) is 5.11. The van der Waals surface area contributed by atoms with Crippen LogP contribution >= 0.6 is 11.6 Å². The minimum Gasteiger partial charge on any atom is -0.497 e. The van der Waals surface area contributed by atoms with Crippen molar-refractivity contribution in [3.8, 4) is 11.5 Å². The van der Waals surface area contributed by atoms with E-state index in [9.17, 15) is 33.8 Å². The first-order chi connectivity index (χ1) is 20.4. The molecule has 5 atom stereocenters. The molecule has 2 aromatic rings. The molecule has 1 fully saturated rings. The SMILES string of the molecule is CCC1(C(=O)O)C(COCCN2C(=O)c3ccccc3C2=O)NC(CF)C(C)(C(=O)O)C1c1cc(OC)cc(OC)c1Cl. The van der Waals surface area contributed by atoms with Gasteiger partial charge in [0.2, 0.25) is 0 Å². The number of hydrogen-bond donors (Lipinski definition) is 3. The Morgan fingerprint density at radius 1 is 1.05 bits per heavy atom. The number of halogens is 2. The zero-order valence-corrected chi connectivity index (χ0v) is 24.9. The van der Waals surface area contributed by atoms with Crippen LogP contribution < -0.4 is 14.8 Å². The lowest BCUT2D eigenvalue weighted by molar-refractivity contribution is -0.175. The maximum atomic E-state index is 14.7. The molecular formula is C30H34ClFN2O9. The summed E-state index contributed by atoms with van der Waals surface area (Å²) in [6.07, 6.45) is -0.0931. The Balaban J connectivity index is 1.72. The highest BCUT2D eigenvalue weighted by atomic mass is 35.5. The summed E-state index contributed by atoms with van der Waals surface area (Å²) in [7, 11) is 2.73. The molecule has 0 aliphatic carbocycles. The third-order valence-electron chi connectivity index (χ3n) is 8.89. The fourth-order valence-corrected chi connectivity index (χ4v) is 6.82. The van der Waals surface area contributed by atoms with Gasteiger partial charge in [-0.05, 0) is 37.1 Å². The highest BCUT2D eigenvalue weighted by Gasteiger charge is 2.67. The summed E-state index contributed by atoms with van der Waals surface area (Å²) in [4.78, 5) is 52.7. The normalized spacial score (nSPS) is 26.7. The molecule has 0 bridgehead atoms. The number of aliphatic carboxylic acids is 2. The number of carbonyl (C=O) groups excluding carboxylic acids is 2. The second-order valence-corrected chi connectivity index (χ2v) is 11.1. The van der Waals surface area contributed by atoms with Gasteiger partial charge in [-0.3, -0.25) is 24.1 Å². The number of carboxylic acids is 2. The zero-order chi connectivity index (χ0) is 31.7. The van der Waals surface area contributed by atoms with Crippen LogP contribution in [-0.2, 0) is 14.3 Å². The number of nitrogens with one attached hydrogen (secondary N) is 1. The molecule has 1 saturated heterocycles. The minimum absolute atomic E-state index is 0.0235. The molecular weight excluding hydrogens is 587 g/mol. The van der Waals surface area contributed by atoms with E-state index < -0.39 is 59.3 Å². The summed E-state index contributed by atoms with van der Waals surface area (Å²) in [5, 5.41) is 24.2. The first kappa shape index (κ1) is 32.2. The minimum atomic E-state index is -2.00. The van der Waals surface area contributed by atoms with Gasteiger partial charge in [-0.15, -0.1) is 0 Å². The van der Waals surface area contributed by atoms with Gasteiger partial charge in [0, 0.05) is 18.0 Å². The van der Waals surface area contributed by atoms with Crippen LogP contribution in [-0.4, -0.2) is 91.6 Å². The summed E-state index contributed by atoms with van der Waals surface area (Å²) in [6.45, 7) is 1.21. The number of benzene rings is 2. The molecule has 232 valence electrons. The summed E-state index contributed by atoms with van der Waals surface area (Å²) in [5.41, 5.74) is -3.20. The van der Waals surface area contributed by atoms with Gasteiger partial charge in [0.25, 0.3) is 11.8 Å². The van der Waals surface area contributed by atoms with E-state index in [1.54, 1.807) is 31.2 Å². The first-order valence-electron chi connectivity index (χ1n) is 13.7. The molecule has 3 N–H and O–H groups in total. The van der Waals surface area contributed by atoms with Gasteiger partial charge in [-0.25, -0.2) is 4.39 Å². The van der Waals surface area contributed by atoms with Crippen molar-refractivity contribution in [2.45, 2.75) is 38.3 Å². The first-order valence-corrected chi connectivity index (χ1v) is 14.0. The van der Waals surface area contributed by atoms with E-state index >= 15 is 0 Å². The van der Waals surface area contributed by atoms with E-state index in [4.69, 9.17) is 25.8 Å². The Labute approximate surface area is 252 Å². The summed E-state index contributed by atoms with van der Waals surface area (Å²) in [6, 6.07) is 6.90. The zero-order valence-electron chi connectivity index (χ0n) is 24.2. The van der Waals surface area contributed by atoms with Crippen molar-refractivity contribution in [3.63, 3.8) is 0 Å². The number of alkyl halides is 1. The third-order valence-corrected chi connectivity index (χ3v) is 9.30. The molecule has 0 spiro atoms. The number of nitrogens with zero attached hydrogens (tertiary/aromatic N) is 1. The van der Waals surface area contributed by atoms with Crippen LogP contribution in [0.15, 0.2) is 36.4 Å². The van der Waals surface area contributed by atoms with Gasteiger partial charge in [-0.1, -0.05) is 30.7 Å². The Hall–Kier alpha value is -3.74. The average molecular weight is 621 g/mol. The lowest BCUT2D eigenvalue weighted by atomic mass is 9.51. The molecule has 4 rings (SSSR count). The number of hydrogen-bond acceptors (Lipinski definition) is 8. The molecule has 43 heavy (non-hydrogen) atoms. The summed E-state index contributed by atoms with van der Waals surface area (Å²) in [5.74, 6) is -4.72. The monoisotopic (exact) mass is 620 g/mol. The molecule has 11 nitrogen and oxygen atoms in total. The Bertz CT molecular complexity index is 1400. The molecule has 0 saturated carbocycles. The molecule has 0 aromatic heterocycles. The number of carboxylic acid groups (broad SMARTS) is 2. The fraction of sp³-hybridized carbons (Fsp3) is 0.467. The Morgan fingerprint density at radius 3 is 2.16 bits per heavy atom. The van der Waals surface area contributed by atoms with E-state index in [0.29, 0.717) is 0 Å². The molecule has 2 aliphatic heterocycles. The van der Waals surface area contributed by atoms with Crippen molar-refractivity contribution < 1.29 is 48.0 Å². The van der Waals surface area contributed by atoms with E-state index in [1.807, 2.05) is 0 Å². The van der Waals surface area contributed by atoms with E-state index in [1.165, 1.54) is 33.3 Å². The molecule has 0 radical (unpaired) electrons. The number of methoxy groups -OCH3 is 2. The fourth-order valence-electron chi connectivity index (χ4n) is 6.52. The number of imide groups is 1. The number of carbonyl (C=O) groups is 4.